The molecular formula is C24H27N5O3. The minimum absolute atomic E-state index is 0.366. The number of aromatic nitrogens is 4. The fourth-order valence-electron chi connectivity index (χ4n) is 3.57. The summed E-state index contributed by atoms with van der Waals surface area (Å²) in [6.07, 6.45) is 1.77. The molecule has 2 aromatic carbocycles. The Labute approximate surface area is 187 Å². The highest BCUT2D eigenvalue weighted by Gasteiger charge is 2.34. The number of unbranched alkanes of at least 4 members (excludes halogenated alkanes) is 1. The van der Waals surface area contributed by atoms with Gasteiger partial charge in [0.25, 0.3) is 0 Å². The molecule has 1 aliphatic heterocycles. The van der Waals surface area contributed by atoms with Gasteiger partial charge in [-0.05, 0) is 54.0 Å². The summed E-state index contributed by atoms with van der Waals surface area (Å²) in [5.41, 5.74) is 4.36. The van der Waals surface area contributed by atoms with E-state index in [-0.39, 0.29) is 5.97 Å². The monoisotopic (exact) mass is 433 g/mol. The summed E-state index contributed by atoms with van der Waals surface area (Å²) in [6, 6.07) is 15.4. The van der Waals surface area contributed by atoms with Gasteiger partial charge < -0.3 is 14.8 Å². The van der Waals surface area contributed by atoms with Gasteiger partial charge in [-0.25, -0.2) is 4.79 Å². The van der Waals surface area contributed by atoms with E-state index in [0.29, 0.717) is 30.4 Å². The Kier molecular flexibility index (Phi) is 6.49. The molecule has 166 valence electrons. The molecular weight excluding hydrogens is 406 g/mol. The third kappa shape index (κ3) is 4.64. The minimum atomic E-state index is -0.485. The average Bonchev–Trinajstić information content (AvgIpc) is 3.26. The Hall–Kier alpha value is -3.68. The predicted molar refractivity (Wildman–Crippen MR) is 120 cm³/mol. The number of allylic oxidation sites excluding steroid dienone is 1. The SMILES string of the molecule is CCCCOC(=O)C1=C(C)Nc2nnnn2[C@H]1c1ccc(OCc2ccc(C)cc2)cc1. The van der Waals surface area contributed by atoms with Crippen molar-refractivity contribution >= 4 is 11.9 Å². The van der Waals surface area contributed by atoms with Crippen LogP contribution in [0.5, 0.6) is 5.75 Å². The van der Waals surface area contributed by atoms with E-state index in [0.717, 1.165) is 29.7 Å². The quantitative estimate of drug-likeness (QED) is 0.421. The number of hydrogen-bond acceptors (Lipinski definition) is 7. The lowest BCUT2D eigenvalue weighted by Crippen LogP contribution is -2.29. The maximum absolute atomic E-state index is 12.9. The molecule has 0 spiro atoms. The molecule has 0 aliphatic carbocycles. The highest BCUT2D eigenvalue weighted by Crippen LogP contribution is 2.35. The molecule has 2 heterocycles. The number of rotatable bonds is 8. The van der Waals surface area contributed by atoms with Crippen LogP contribution in [0.25, 0.3) is 0 Å². The van der Waals surface area contributed by atoms with E-state index < -0.39 is 6.04 Å². The van der Waals surface area contributed by atoms with Crippen LogP contribution in [0.3, 0.4) is 0 Å². The molecule has 4 rings (SSSR count). The van der Waals surface area contributed by atoms with Crippen LogP contribution >= 0.6 is 0 Å². The van der Waals surface area contributed by atoms with Crippen LogP contribution < -0.4 is 10.1 Å². The number of carbonyl (C=O) groups excluding carboxylic acids is 1. The first-order chi connectivity index (χ1) is 15.6. The van der Waals surface area contributed by atoms with E-state index in [1.807, 2.05) is 31.2 Å². The number of ether oxygens (including phenoxy) is 2. The average molecular weight is 434 g/mol. The van der Waals surface area contributed by atoms with Gasteiger partial charge in [0, 0.05) is 5.70 Å². The highest BCUT2D eigenvalue weighted by atomic mass is 16.5. The Morgan fingerprint density at radius 1 is 1.09 bits per heavy atom. The van der Waals surface area contributed by atoms with Crippen LogP contribution in [0.1, 0.15) is 49.4 Å². The molecule has 3 aromatic rings. The Morgan fingerprint density at radius 3 is 2.56 bits per heavy atom. The summed E-state index contributed by atoms with van der Waals surface area (Å²) in [7, 11) is 0. The second-order valence-electron chi connectivity index (χ2n) is 7.85. The zero-order valence-corrected chi connectivity index (χ0v) is 18.5. The second kappa shape index (κ2) is 9.64. The molecule has 0 saturated carbocycles. The van der Waals surface area contributed by atoms with Crippen LogP contribution in [0.4, 0.5) is 5.95 Å². The summed E-state index contributed by atoms with van der Waals surface area (Å²) in [5, 5.41) is 15.0. The number of anilines is 1. The van der Waals surface area contributed by atoms with Crippen molar-refractivity contribution in [3.05, 3.63) is 76.5 Å². The molecule has 0 bridgehead atoms. The lowest BCUT2D eigenvalue weighted by Gasteiger charge is -2.27. The molecule has 1 aromatic heterocycles. The number of nitrogens with zero attached hydrogens (tertiary/aromatic N) is 4. The number of esters is 1. The van der Waals surface area contributed by atoms with Gasteiger partial charge >= 0.3 is 5.97 Å². The zero-order valence-electron chi connectivity index (χ0n) is 18.5. The molecule has 32 heavy (non-hydrogen) atoms. The number of benzene rings is 2. The van der Waals surface area contributed by atoms with E-state index in [4.69, 9.17) is 9.47 Å². The summed E-state index contributed by atoms with van der Waals surface area (Å²) in [4.78, 5) is 12.9. The number of hydrogen-bond donors (Lipinski definition) is 1. The first-order valence-electron chi connectivity index (χ1n) is 10.8. The Bertz CT molecular complexity index is 1100. The van der Waals surface area contributed by atoms with Gasteiger partial charge in [-0.1, -0.05) is 60.4 Å². The molecule has 1 atom stereocenters. The van der Waals surface area contributed by atoms with E-state index in [1.54, 1.807) is 4.68 Å². The van der Waals surface area contributed by atoms with Crippen LogP contribution in [0.15, 0.2) is 59.8 Å². The van der Waals surface area contributed by atoms with Crippen LogP contribution in [0, 0.1) is 6.92 Å². The van der Waals surface area contributed by atoms with Gasteiger partial charge in [0.05, 0.1) is 12.2 Å². The van der Waals surface area contributed by atoms with Crippen molar-refractivity contribution in [2.24, 2.45) is 0 Å². The van der Waals surface area contributed by atoms with Crippen molar-refractivity contribution in [2.45, 2.75) is 46.3 Å². The van der Waals surface area contributed by atoms with Crippen LogP contribution in [-0.4, -0.2) is 32.8 Å². The van der Waals surface area contributed by atoms with Gasteiger partial charge in [0.15, 0.2) is 0 Å². The van der Waals surface area contributed by atoms with Crippen molar-refractivity contribution in [1.82, 2.24) is 20.2 Å². The predicted octanol–water partition coefficient (Wildman–Crippen LogP) is 4.19. The van der Waals surface area contributed by atoms with E-state index in [9.17, 15) is 4.79 Å². The van der Waals surface area contributed by atoms with Crippen molar-refractivity contribution in [2.75, 3.05) is 11.9 Å². The van der Waals surface area contributed by atoms with Gasteiger partial charge in [-0.2, -0.15) is 4.68 Å². The molecule has 0 amide bonds. The highest BCUT2D eigenvalue weighted by molar-refractivity contribution is 5.92. The third-order valence-corrected chi connectivity index (χ3v) is 5.39. The number of fused-ring (bicyclic) bond motifs is 1. The van der Waals surface area contributed by atoms with Gasteiger partial charge in [0.2, 0.25) is 5.95 Å². The third-order valence-electron chi connectivity index (χ3n) is 5.39. The molecule has 1 N–H and O–H groups in total. The van der Waals surface area contributed by atoms with Gasteiger partial charge in [0.1, 0.15) is 18.4 Å². The largest absolute Gasteiger partial charge is 0.489 e. The molecule has 0 radical (unpaired) electrons. The number of tetrazole rings is 1. The lowest BCUT2D eigenvalue weighted by atomic mass is 9.96. The summed E-state index contributed by atoms with van der Waals surface area (Å²) >= 11 is 0. The molecule has 0 unspecified atom stereocenters. The van der Waals surface area contributed by atoms with E-state index >= 15 is 0 Å². The molecule has 8 nitrogen and oxygen atoms in total. The number of carbonyl (C=O) groups is 1. The molecule has 0 fully saturated rings. The van der Waals surface area contributed by atoms with Crippen LogP contribution in [-0.2, 0) is 16.1 Å². The Morgan fingerprint density at radius 2 is 1.84 bits per heavy atom. The maximum Gasteiger partial charge on any atom is 0.338 e. The first kappa shape index (κ1) is 21.5. The first-order valence-corrected chi connectivity index (χ1v) is 10.8. The molecule has 0 saturated heterocycles. The minimum Gasteiger partial charge on any atom is -0.489 e. The van der Waals surface area contributed by atoms with Gasteiger partial charge in [-0.3, -0.25) is 0 Å². The van der Waals surface area contributed by atoms with Crippen molar-refractivity contribution in [1.29, 1.82) is 0 Å². The summed E-state index contributed by atoms with van der Waals surface area (Å²) in [5.74, 6) is 0.861. The topological polar surface area (TPSA) is 91.2 Å². The van der Waals surface area contributed by atoms with Crippen LogP contribution in [0.2, 0.25) is 0 Å². The number of nitrogens with one attached hydrogen (secondary N) is 1. The normalized spacial score (nSPS) is 15.2. The van der Waals surface area contributed by atoms with E-state index in [1.165, 1.54) is 5.56 Å². The lowest BCUT2D eigenvalue weighted by molar-refractivity contribution is -0.139. The Balaban J connectivity index is 1.55. The molecule has 1 aliphatic rings. The summed E-state index contributed by atoms with van der Waals surface area (Å²) < 4.78 is 13.0. The zero-order chi connectivity index (χ0) is 22.5. The fraction of sp³-hybridized carbons (Fsp3) is 0.333. The van der Waals surface area contributed by atoms with Crippen molar-refractivity contribution in [3.8, 4) is 5.75 Å². The molecule has 8 heteroatoms. The fourth-order valence-corrected chi connectivity index (χ4v) is 3.57. The summed E-state index contributed by atoms with van der Waals surface area (Å²) in [6.45, 7) is 6.81. The maximum atomic E-state index is 12.9. The standard InChI is InChI=1S/C24H27N5O3/c1-4-5-14-31-23(30)21-17(3)25-24-26-27-28-29(24)22(21)19-10-12-20(13-11-19)32-15-18-8-6-16(2)7-9-18/h6-13,22H,4-5,14-15H2,1-3H3,(H,25,26,28)/t22-/m0/s1. The second-order valence-corrected chi connectivity index (χ2v) is 7.85. The van der Waals surface area contributed by atoms with Crippen molar-refractivity contribution < 1.29 is 14.3 Å². The van der Waals surface area contributed by atoms with Crippen molar-refractivity contribution in [3.63, 3.8) is 0 Å². The van der Waals surface area contributed by atoms with Gasteiger partial charge in [-0.15, -0.1) is 0 Å². The van der Waals surface area contributed by atoms with E-state index in [2.05, 4.69) is 59.0 Å². The smallest absolute Gasteiger partial charge is 0.338 e. The number of aryl methyl sites for hydroxylation is 1.